The van der Waals surface area contributed by atoms with Gasteiger partial charge in [-0.3, -0.25) is 0 Å². The van der Waals surface area contributed by atoms with Gasteiger partial charge < -0.3 is 10.5 Å². The fourth-order valence-electron chi connectivity index (χ4n) is 1.64. The summed E-state index contributed by atoms with van der Waals surface area (Å²) in [7, 11) is 1.59. The van der Waals surface area contributed by atoms with Crippen LogP contribution in [-0.2, 0) is 6.54 Å². The molecule has 2 aromatic rings. The summed E-state index contributed by atoms with van der Waals surface area (Å²) in [5.41, 5.74) is 6.29. The summed E-state index contributed by atoms with van der Waals surface area (Å²) >= 11 is 5.93. The number of nitrogens with two attached hydrogens (primary N) is 1. The SMILES string of the molecule is COc1cc(Cl)ccc1-c1nnnn1CCCN. The molecule has 0 saturated carbocycles. The quantitative estimate of drug-likeness (QED) is 0.885. The van der Waals surface area contributed by atoms with Gasteiger partial charge in [0.15, 0.2) is 5.82 Å². The van der Waals surface area contributed by atoms with E-state index in [1.54, 1.807) is 23.9 Å². The first kappa shape index (κ1) is 12.8. The lowest BCUT2D eigenvalue weighted by atomic mass is 10.2. The summed E-state index contributed by atoms with van der Waals surface area (Å²) in [6.07, 6.45) is 0.813. The Labute approximate surface area is 110 Å². The smallest absolute Gasteiger partial charge is 0.185 e. The lowest BCUT2D eigenvalue weighted by molar-refractivity contribution is 0.415. The van der Waals surface area contributed by atoms with Crippen LogP contribution in [0.4, 0.5) is 0 Å². The second-order valence-corrected chi connectivity index (χ2v) is 4.15. The molecule has 6 nitrogen and oxygen atoms in total. The Morgan fingerprint density at radius 2 is 2.28 bits per heavy atom. The van der Waals surface area contributed by atoms with Crippen LogP contribution in [0.5, 0.6) is 5.75 Å². The number of hydrogen-bond donors (Lipinski definition) is 1. The molecule has 1 heterocycles. The highest BCUT2D eigenvalue weighted by Gasteiger charge is 2.13. The second-order valence-electron chi connectivity index (χ2n) is 3.71. The van der Waals surface area contributed by atoms with Crippen LogP contribution in [0.15, 0.2) is 18.2 Å². The Morgan fingerprint density at radius 1 is 1.44 bits per heavy atom. The van der Waals surface area contributed by atoms with Gasteiger partial charge in [-0.05, 0) is 41.6 Å². The largest absolute Gasteiger partial charge is 0.496 e. The summed E-state index contributed by atoms with van der Waals surface area (Å²) in [4.78, 5) is 0. The molecule has 2 rings (SSSR count). The summed E-state index contributed by atoms with van der Waals surface area (Å²) in [6, 6.07) is 5.35. The van der Waals surface area contributed by atoms with Gasteiger partial charge in [0.05, 0.1) is 12.7 Å². The molecule has 0 aliphatic rings. The molecule has 0 bridgehead atoms. The average molecular weight is 268 g/mol. The monoisotopic (exact) mass is 267 g/mol. The van der Waals surface area contributed by atoms with Crippen molar-refractivity contribution in [2.75, 3.05) is 13.7 Å². The lowest BCUT2D eigenvalue weighted by Gasteiger charge is -2.08. The molecule has 18 heavy (non-hydrogen) atoms. The van der Waals surface area contributed by atoms with E-state index in [1.165, 1.54) is 0 Å². The first-order valence-electron chi connectivity index (χ1n) is 5.56. The number of halogens is 1. The first-order chi connectivity index (χ1) is 8.76. The zero-order chi connectivity index (χ0) is 13.0. The molecule has 0 atom stereocenters. The van der Waals surface area contributed by atoms with E-state index in [9.17, 15) is 0 Å². The van der Waals surface area contributed by atoms with Crippen LogP contribution in [0.1, 0.15) is 6.42 Å². The van der Waals surface area contributed by atoms with Gasteiger partial charge >= 0.3 is 0 Å². The van der Waals surface area contributed by atoms with Crippen molar-refractivity contribution in [2.45, 2.75) is 13.0 Å². The van der Waals surface area contributed by atoms with Crippen molar-refractivity contribution in [3.8, 4) is 17.1 Å². The van der Waals surface area contributed by atoms with E-state index in [-0.39, 0.29) is 0 Å². The molecular weight excluding hydrogens is 254 g/mol. The first-order valence-corrected chi connectivity index (χ1v) is 5.94. The van der Waals surface area contributed by atoms with E-state index in [0.29, 0.717) is 29.7 Å². The van der Waals surface area contributed by atoms with Gasteiger partial charge in [0.25, 0.3) is 0 Å². The van der Waals surface area contributed by atoms with Gasteiger partial charge in [0.1, 0.15) is 5.75 Å². The highest BCUT2D eigenvalue weighted by molar-refractivity contribution is 6.30. The molecule has 0 aliphatic heterocycles. The van der Waals surface area contributed by atoms with Crippen LogP contribution in [-0.4, -0.2) is 33.9 Å². The Bertz CT molecular complexity index is 528. The van der Waals surface area contributed by atoms with Gasteiger partial charge in [-0.2, -0.15) is 0 Å². The third kappa shape index (κ3) is 2.60. The molecule has 96 valence electrons. The number of hydrogen-bond acceptors (Lipinski definition) is 5. The van der Waals surface area contributed by atoms with Crippen LogP contribution in [0.3, 0.4) is 0 Å². The van der Waals surface area contributed by atoms with Crippen LogP contribution >= 0.6 is 11.6 Å². The molecule has 0 unspecified atom stereocenters. The predicted molar refractivity (Wildman–Crippen MR) is 68.5 cm³/mol. The molecule has 0 fully saturated rings. The van der Waals surface area contributed by atoms with Crippen molar-refractivity contribution in [1.82, 2.24) is 20.2 Å². The molecule has 2 N–H and O–H groups in total. The minimum atomic E-state index is 0.594. The number of tetrazole rings is 1. The topological polar surface area (TPSA) is 78.9 Å². The summed E-state index contributed by atoms with van der Waals surface area (Å²) < 4.78 is 7.00. The molecule has 0 radical (unpaired) electrons. The van der Waals surface area contributed by atoms with Crippen molar-refractivity contribution in [3.63, 3.8) is 0 Å². The molecule has 0 spiro atoms. The van der Waals surface area contributed by atoms with Crippen LogP contribution in [0.25, 0.3) is 11.4 Å². The standard InChI is InChI=1S/C11H14ClN5O/c1-18-10-7-8(12)3-4-9(10)11-14-15-16-17(11)6-2-5-13/h3-4,7H,2,5-6,13H2,1H3. The lowest BCUT2D eigenvalue weighted by Crippen LogP contribution is -2.08. The van der Waals surface area contributed by atoms with Gasteiger partial charge in [-0.15, -0.1) is 5.10 Å². The van der Waals surface area contributed by atoms with E-state index < -0.39 is 0 Å². The number of benzene rings is 1. The van der Waals surface area contributed by atoms with E-state index in [1.807, 2.05) is 6.07 Å². The highest BCUT2D eigenvalue weighted by atomic mass is 35.5. The number of aromatic nitrogens is 4. The Hall–Kier alpha value is -1.66. The fraction of sp³-hybridized carbons (Fsp3) is 0.364. The van der Waals surface area contributed by atoms with E-state index >= 15 is 0 Å². The molecule has 1 aromatic carbocycles. The zero-order valence-electron chi connectivity index (χ0n) is 10.0. The summed E-state index contributed by atoms with van der Waals surface area (Å²) in [6.45, 7) is 1.27. The molecule has 0 amide bonds. The van der Waals surface area contributed by atoms with Crippen molar-refractivity contribution >= 4 is 11.6 Å². The van der Waals surface area contributed by atoms with Crippen LogP contribution < -0.4 is 10.5 Å². The fourth-order valence-corrected chi connectivity index (χ4v) is 1.80. The molecule has 7 heteroatoms. The van der Waals surface area contributed by atoms with Gasteiger partial charge in [0.2, 0.25) is 0 Å². The Balaban J connectivity index is 2.39. The second kappa shape index (κ2) is 5.79. The van der Waals surface area contributed by atoms with Crippen molar-refractivity contribution < 1.29 is 4.74 Å². The van der Waals surface area contributed by atoms with Gasteiger partial charge in [0, 0.05) is 11.6 Å². The molecule has 1 aromatic heterocycles. The van der Waals surface area contributed by atoms with E-state index in [2.05, 4.69) is 15.5 Å². The third-order valence-corrected chi connectivity index (χ3v) is 2.75. The number of aryl methyl sites for hydroxylation is 1. The summed E-state index contributed by atoms with van der Waals surface area (Å²) in [5.74, 6) is 1.29. The van der Waals surface area contributed by atoms with Crippen LogP contribution in [0.2, 0.25) is 5.02 Å². The summed E-state index contributed by atoms with van der Waals surface area (Å²) in [5, 5.41) is 12.2. The molecule has 0 saturated heterocycles. The highest BCUT2D eigenvalue weighted by Crippen LogP contribution is 2.30. The van der Waals surface area contributed by atoms with Crippen LogP contribution in [0, 0.1) is 0 Å². The Morgan fingerprint density at radius 3 is 3.00 bits per heavy atom. The van der Waals surface area contributed by atoms with E-state index in [0.717, 1.165) is 12.0 Å². The zero-order valence-corrected chi connectivity index (χ0v) is 10.8. The van der Waals surface area contributed by atoms with Gasteiger partial charge in [-0.25, -0.2) is 4.68 Å². The van der Waals surface area contributed by atoms with Crippen molar-refractivity contribution in [1.29, 1.82) is 0 Å². The number of nitrogens with zero attached hydrogens (tertiary/aromatic N) is 4. The third-order valence-electron chi connectivity index (χ3n) is 2.51. The van der Waals surface area contributed by atoms with E-state index in [4.69, 9.17) is 22.1 Å². The average Bonchev–Trinajstić information content (AvgIpc) is 2.84. The van der Waals surface area contributed by atoms with Gasteiger partial charge in [-0.1, -0.05) is 11.6 Å². The molecular formula is C11H14ClN5O. The predicted octanol–water partition coefficient (Wildman–Crippen LogP) is 1.35. The minimum absolute atomic E-state index is 0.594. The maximum atomic E-state index is 5.93. The van der Waals surface area contributed by atoms with Crippen molar-refractivity contribution in [2.24, 2.45) is 5.73 Å². The number of methoxy groups -OCH3 is 1. The van der Waals surface area contributed by atoms with Crippen molar-refractivity contribution in [3.05, 3.63) is 23.2 Å². The minimum Gasteiger partial charge on any atom is -0.496 e. The number of ether oxygens (including phenoxy) is 1. The maximum Gasteiger partial charge on any atom is 0.185 e. The Kier molecular flexibility index (Phi) is 4.11. The maximum absolute atomic E-state index is 5.93. The normalized spacial score (nSPS) is 10.6. The number of rotatable bonds is 5. The molecule has 0 aliphatic carbocycles.